The highest BCUT2D eigenvalue weighted by Crippen LogP contribution is 2.33. The number of hydrogen-bond acceptors (Lipinski definition) is 9. The lowest BCUT2D eigenvalue weighted by Gasteiger charge is -2.36. The Morgan fingerprint density at radius 2 is 2.03 bits per heavy atom. The Morgan fingerprint density at radius 3 is 2.69 bits per heavy atom. The number of aliphatic hydroxyl groups excluding tert-OH is 1. The van der Waals surface area contributed by atoms with Gasteiger partial charge in [0.05, 0.1) is 24.5 Å². The number of aliphatic hydroxyl groups is 1. The second kappa shape index (κ2) is 9.37. The molecule has 0 saturated carbocycles. The van der Waals surface area contributed by atoms with Crippen molar-refractivity contribution in [3.05, 3.63) is 47.5 Å². The Hall–Kier alpha value is -3.94. The van der Waals surface area contributed by atoms with Crippen molar-refractivity contribution in [3.63, 3.8) is 0 Å². The Bertz CT molecular complexity index is 1210. The maximum Gasteiger partial charge on any atom is 0.574 e. The topological polar surface area (TPSA) is 130 Å². The summed E-state index contributed by atoms with van der Waals surface area (Å²) in [6.45, 7) is 3.95. The Balaban J connectivity index is 1.40. The van der Waals surface area contributed by atoms with Crippen molar-refractivity contribution in [2.24, 2.45) is 0 Å². The van der Waals surface area contributed by atoms with Gasteiger partial charge >= 0.3 is 6.36 Å². The van der Waals surface area contributed by atoms with E-state index in [9.17, 15) is 23.1 Å². The van der Waals surface area contributed by atoms with Gasteiger partial charge in [-0.15, -0.1) is 13.2 Å². The van der Waals surface area contributed by atoms with Crippen LogP contribution < -0.4 is 20.3 Å². The van der Waals surface area contributed by atoms with Crippen molar-refractivity contribution in [1.29, 1.82) is 0 Å². The molecule has 0 saturated heterocycles. The van der Waals surface area contributed by atoms with Crippen LogP contribution >= 0.6 is 0 Å². The number of ether oxygens (including phenoxy) is 1. The van der Waals surface area contributed by atoms with Gasteiger partial charge in [-0.05, 0) is 19.4 Å². The van der Waals surface area contributed by atoms with E-state index < -0.39 is 24.4 Å². The third-order valence-electron chi connectivity index (χ3n) is 5.30. The molecule has 0 aliphatic carbocycles. The number of carbonyl (C=O) groups is 1. The standard InChI is InChI=1S/C21H23F3N8O3/c1-11-16-18(31(3)17(12(2)33)19(34)29-16)30-20(28-11)26-7-14-8-27-32(10-14)9-13-4-5-15(25-6-13)35-21(22,23)24/h4-6,8,10,12,17,33H,7,9H2,1-3H3,(H,29,34)(H,26,28,30)/t12-,17+/m1/s1. The highest BCUT2D eigenvalue weighted by molar-refractivity contribution is 6.03. The van der Waals surface area contributed by atoms with Gasteiger partial charge in [0.2, 0.25) is 17.7 Å². The van der Waals surface area contributed by atoms with Crippen LogP contribution in [0.3, 0.4) is 0 Å². The molecule has 0 bridgehead atoms. The van der Waals surface area contributed by atoms with Gasteiger partial charge in [0.15, 0.2) is 5.82 Å². The molecule has 186 valence electrons. The third-order valence-corrected chi connectivity index (χ3v) is 5.30. The molecule has 11 nitrogen and oxygen atoms in total. The summed E-state index contributed by atoms with van der Waals surface area (Å²) in [5.41, 5.74) is 2.53. The summed E-state index contributed by atoms with van der Waals surface area (Å²) in [5, 5.41) is 20.1. The molecule has 3 N–H and O–H groups in total. The van der Waals surface area contributed by atoms with Gasteiger partial charge in [0, 0.05) is 37.6 Å². The zero-order valence-electron chi connectivity index (χ0n) is 19.0. The summed E-state index contributed by atoms with van der Waals surface area (Å²) < 4.78 is 42.2. The third kappa shape index (κ3) is 5.59. The van der Waals surface area contributed by atoms with Crippen LogP contribution in [0.25, 0.3) is 0 Å². The van der Waals surface area contributed by atoms with Crippen molar-refractivity contribution in [2.45, 2.75) is 45.4 Å². The monoisotopic (exact) mass is 492 g/mol. The highest BCUT2D eigenvalue weighted by Gasteiger charge is 2.36. The zero-order valence-corrected chi connectivity index (χ0v) is 19.0. The van der Waals surface area contributed by atoms with Crippen LogP contribution in [0, 0.1) is 6.92 Å². The summed E-state index contributed by atoms with van der Waals surface area (Å²) >= 11 is 0. The number of alkyl halides is 3. The molecule has 0 radical (unpaired) electrons. The van der Waals surface area contributed by atoms with Gasteiger partial charge in [-0.1, -0.05) is 6.07 Å². The molecule has 35 heavy (non-hydrogen) atoms. The Kier molecular flexibility index (Phi) is 6.47. The smallest absolute Gasteiger partial charge is 0.391 e. The lowest BCUT2D eigenvalue weighted by atomic mass is 10.1. The molecular formula is C21H23F3N8O3. The van der Waals surface area contributed by atoms with E-state index in [4.69, 9.17) is 0 Å². The second-order valence-corrected chi connectivity index (χ2v) is 8.07. The van der Waals surface area contributed by atoms with E-state index in [2.05, 4.69) is 35.4 Å². The van der Waals surface area contributed by atoms with E-state index in [1.165, 1.54) is 19.2 Å². The summed E-state index contributed by atoms with van der Waals surface area (Å²) in [5.74, 6) is -0.0260. The molecule has 4 rings (SSSR count). The van der Waals surface area contributed by atoms with E-state index in [-0.39, 0.29) is 5.91 Å². The molecule has 4 heterocycles. The minimum absolute atomic E-state index is 0.305. The fourth-order valence-corrected chi connectivity index (χ4v) is 3.72. The van der Waals surface area contributed by atoms with Gasteiger partial charge in [-0.25, -0.2) is 9.97 Å². The van der Waals surface area contributed by atoms with E-state index in [1.54, 1.807) is 35.9 Å². The molecule has 0 aromatic carbocycles. The lowest BCUT2D eigenvalue weighted by Crippen LogP contribution is -2.52. The highest BCUT2D eigenvalue weighted by atomic mass is 19.4. The quantitative estimate of drug-likeness (QED) is 0.454. The van der Waals surface area contributed by atoms with Gasteiger partial charge in [0.25, 0.3) is 0 Å². The number of likely N-dealkylation sites (N-methyl/N-ethyl adjacent to an activating group) is 1. The molecule has 1 aliphatic rings. The van der Waals surface area contributed by atoms with Crippen LogP contribution in [-0.4, -0.2) is 61.3 Å². The van der Waals surface area contributed by atoms with Crippen LogP contribution in [0.15, 0.2) is 30.7 Å². The minimum atomic E-state index is -4.79. The lowest BCUT2D eigenvalue weighted by molar-refractivity contribution is -0.276. The first kappa shape index (κ1) is 24.2. The molecule has 0 fully saturated rings. The Labute approximate surface area is 198 Å². The molecular weight excluding hydrogens is 469 g/mol. The van der Waals surface area contributed by atoms with Crippen LogP contribution in [0.1, 0.15) is 23.7 Å². The average molecular weight is 492 g/mol. The van der Waals surface area contributed by atoms with Gasteiger partial charge in [-0.2, -0.15) is 10.1 Å². The largest absolute Gasteiger partial charge is 0.574 e. The molecule has 0 unspecified atom stereocenters. The van der Waals surface area contributed by atoms with E-state index in [1.807, 2.05) is 0 Å². The van der Waals surface area contributed by atoms with Gasteiger partial charge in [0.1, 0.15) is 11.7 Å². The van der Waals surface area contributed by atoms with Crippen molar-refractivity contribution < 1.29 is 27.8 Å². The first-order chi connectivity index (χ1) is 16.5. The fraction of sp³-hybridized carbons (Fsp3) is 0.381. The molecule has 1 aliphatic heterocycles. The number of halogens is 3. The number of hydrogen-bond donors (Lipinski definition) is 3. The molecule has 0 spiro atoms. The van der Waals surface area contributed by atoms with E-state index in [0.717, 1.165) is 11.6 Å². The van der Waals surface area contributed by atoms with E-state index >= 15 is 0 Å². The number of nitrogens with one attached hydrogen (secondary N) is 2. The maximum atomic E-state index is 12.3. The van der Waals surface area contributed by atoms with Crippen LogP contribution in [-0.2, 0) is 17.9 Å². The van der Waals surface area contributed by atoms with E-state index in [0.29, 0.717) is 41.8 Å². The number of aromatic nitrogens is 5. The normalized spacial score (nSPS) is 16.5. The van der Waals surface area contributed by atoms with Crippen molar-refractivity contribution in [1.82, 2.24) is 24.7 Å². The predicted molar refractivity (Wildman–Crippen MR) is 119 cm³/mol. The predicted octanol–water partition coefficient (Wildman–Crippen LogP) is 2.07. The zero-order chi connectivity index (χ0) is 25.3. The SMILES string of the molecule is Cc1nc(NCc2cnn(Cc3ccc(OC(F)(F)F)nc3)c2)nc2c1NC(=O)[C@H]([C@@H](C)O)N2C. The molecule has 1 amide bonds. The first-order valence-electron chi connectivity index (χ1n) is 10.6. The number of amides is 1. The number of nitrogens with zero attached hydrogens (tertiary/aromatic N) is 6. The number of fused-ring (bicyclic) bond motifs is 1. The fourth-order valence-electron chi connectivity index (χ4n) is 3.72. The van der Waals surface area contributed by atoms with Crippen LogP contribution in [0.2, 0.25) is 0 Å². The number of anilines is 3. The Morgan fingerprint density at radius 1 is 1.26 bits per heavy atom. The number of aryl methyl sites for hydroxylation is 1. The van der Waals surface area contributed by atoms with Crippen molar-refractivity contribution in [2.75, 3.05) is 22.6 Å². The molecule has 3 aromatic heterocycles. The van der Waals surface area contributed by atoms with Gasteiger partial charge < -0.3 is 25.4 Å². The molecule has 2 atom stereocenters. The number of rotatable bonds is 7. The summed E-state index contributed by atoms with van der Waals surface area (Å²) in [4.78, 5) is 26.5. The summed E-state index contributed by atoms with van der Waals surface area (Å²) in [6, 6.07) is 1.85. The summed E-state index contributed by atoms with van der Waals surface area (Å²) in [7, 11) is 1.69. The maximum absolute atomic E-state index is 12.3. The van der Waals surface area contributed by atoms with Crippen molar-refractivity contribution in [3.8, 4) is 5.88 Å². The number of pyridine rings is 1. The van der Waals surface area contributed by atoms with Crippen molar-refractivity contribution >= 4 is 23.4 Å². The van der Waals surface area contributed by atoms with Crippen LogP contribution in [0.5, 0.6) is 5.88 Å². The first-order valence-corrected chi connectivity index (χ1v) is 10.6. The average Bonchev–Trinajstić information content (AvgIpc) is 3.20. The molecule has 3 aromatic rings. The number of carbonyl (C=O) groups excluding carboxylic acids is 1. The summed E-state index contributed by atoms with van der Waals surface area (Å²) in [6.07, 6.45) is -0.979. The molecule has 14 heteroatoms. The van der Waals surface area contributed by atoms with Crippen LogP contribution in [0.4, 0.5) is 30.6 Å². The minimum Gasteiger partial charge on any atom is -0.391 e. The second-order valence-electron chi connectivity index (χ2n) is 8.07. The van der Waals surface area contributed by atoms with Gasteiger partial charge in [-0.3, -0.25) is 9.48 Å².